The predicted molar refractivity (Wildman–Crippen MR) is 209 cm³/mol. The molecule has 5 aromatic rings. The number of nitrogens with one attached hydrogen (secondary N) is 1. The Morgan fingerprint density at radius 1 is 0.815 bits per heavy atom. The van der Waals surface area contributed by atoms with Crippen molar-refractivity contribution in [3.05, 3.63) is 90.8 Å². The lowest BCUT2D eigenvalue weighted by Gasteiger charge is -2.41. The van der Waals surface area contributed by atoms with Crippen LogP contribution in [0, 0.1) is 11.8 Å². The number of benzene rings is 3. The number of fused-ring (bicyclic) bond motifs is 1. The molecule has 2 aromatic heterocycles. The number of aromatic nitrogens is 4. The summed E-state index contributed by atoms with van der Waals surface area (Å²) in [5, 5.41) is 8.29. The summed E-state index contributed by atoms with van der Waals surface area (Å²) in [6.45, 7) is 5.78. The number of imide groups is 1. The average Bonchev–Trinajstić information content (AvgIpc) is 3.60. The highest BCUT2D eigenvalue weighted by molar-refractivity contribution is 6.05. The zero-order valence-electron chi connectivity index (χ0n) is 30.4. The Bertz CT molecular complexity index is 2140. The summed E-state index contributed by atoms with van der Waals surface area (Å²) in [6, 6.07) is 25.8. The zero-order valence-corrected chi connectivity index (χ0v) is 30.4. The normalized spacial score (nSPS) is 17.7. The topological polar surface area (TPSA) is 135 Å². The molecule has 5 heterocycles. The SMILES string of the molecule is Nc1ncnc2c1c(-c1ccc(Oc3ccccc3)cc1)nn2C1CCN(C2CCN(CCCC#Cc3ccc(N4CCC(=O)NC4=O)cc3)CC2)CC1. The number of amides is 3. The summed E-state index contributed by atoms with van der Waals surface area (Å²) in [5.41, 5.74) is 10.7. The number of nitrogens with zero attached hydrogens (tertiary/aromatic N) is 7. The van der Waals surface area contributed by atoms with Crippen LogP contribution in [0.2, 0.25) is 0 Å². The molecule has 3 saturated heterocycles. The molecule has 276 valence electrons. The van der Waals surface area contributed by atoms with Gasteiger partial charge in [-0.15, -0.1) is 0 Å². The van der Waals surface area contributed by atoms with E-state index >= 15 is 0 Å². The minimum absolute atomic E-state index is 0.230. The van der Waals surface area contributed by atoms with Gasteiger partial charge in [-0.3, -0.25) is 15.0 Å². The van der Waals surface area contributed by atoms with Crippen LogP contribution in [0.5, 0.6) is 11.5 Å². The summed E-state index contributed by atoms with van der Waals surface area (Å²) in [7, 11) is 0. The summed E-state index contributed by atoms with van der Waals surface area (Å²) < 4.78 is 8.10. The number of likely N-dealkylation sites (tertiary alicyclic amines) is 2. The van der Waals surface area contributed by atoms with Gasteiger partial charge in [-0.25, -0.2) is 19.4 Å². The fraction of sp³-hybridized carbons (Fsp3) is 0.357. The van der Waals surface area contributed by atoms with Crippen molar-refractivity contribution in [2.24, 2.45) is 0 Å². The van der Waals surface area contributed by atoms with Crippen LogP contribution in [0.15, 0.2) is 85.2 Å². The van der Waals surface area contributed by atoms with Gasteiger partial charge in [0.05, 0.1) is 11.4 Å². The van der Waals surface area contributed by atoms with Crippen molar-refractivity contribution >= 4 is 34.5 Å². The van der Waals surface area contributed by atoms with E-state index in [9.17, 15) is 9.59 Å². The van der Waals surface area contributed by atoms with E-state index in [0.717, 1.165) is 103 Å². The molecule has 3 aliphatic heterocycles. The molecule has 12 heteroatoms. The maximum atomic E-state index is 12.1. The first-order valence-electron chi connectivity index (χ1n) is 19.0. The lowest BCUT2D eigenvalue weighted by Crippen LogP contribution is -2.49. The van der Waals surface area contributed by atoms with Gasteiger partial charge >= 0.3 is 6.03 Å². The Hall–Kier alpha value is -5.77. The lowest BCUT2D eigenvalue weighted by atomic mass is 9.97. The Labute approximate surface area is 315 Å². The molecule has 3 N–H and O–H groups in total. The molecule has 54 heavy (non-hydrogen) atoms. The van der Waals surface area contributed by atoms with Gasteiger partial charge < -0.3 is 20.3 Å². The fourth-order valence-corrected chi connectivity index (χ4v) is 7.85. The van der Waals surface area contributed by atoms with Crippen LogP contribution in [0.3, 0.4) is 0 Å². The molecule has 12 nitrogen and oxygen atoms in total. The van der Waals surface area contributed by atoms with Gasteiger partial charge in [-0.2, -0.15) is 5.10 Å². The van der Waals surface area contributed by atoms with Crippen LogP contribution in [0.1, 0.15) is 56.6 Å². The van der Waals surface area contributed by atoms with Crippen molar-refractivity contribution in [2.45, 2.75) is 57.0 Å². The van der Waals surface area contributed by atoms with Crippen LogP contribution in [-0.4, -0.2) is 86.8 Å². The molecule has 0 spiro atoms. The quantitative estimate of drug-likeness (QED) is 0.134. The summed E-state index contributed by atoms with van der Waals surface area (Å²) in [4.78, 5) is 39.3. The number of anilines is 2. The first-order valence-corrected chi connectivity index (χ1v) is 19.0. The Morgan fingerprint density at radius 2 is 1.54 bits per heavy atom. The van der Waals surface area contributed by atoms with Crippen LogP contribution in [-0.2, 0) is 4.79 Å². The number of piperidine rings is 2. The average molecular weight is 724 g/mol. The number of carbonyl (C=O) groups is 2. The molecular formula is C42H45N9O3. The van der Waals surface area contributed by atoms with Crippen molar-refractivity contribution in [2.75, 3.05) is 49.9 Å². The Balaban J connectivity index is 0.802. The Morgan fingerprint density at radius 3 is 2.28 bits per heavy atom. The summed E-state index contributed by atoms with van der Waals surface area (Å²) in [5.74, 6) is 8.34. The second-order valence-corrected chi connectivity index (χ2v) is 14.2. The largest absolute Gasteiger partial charge is 0.457 e. The number of hydrogen-bond donors (Lipinski definition) is 2. The van der Waals surface area contributed by atoms with Crippen LogP contribution in [0.25, 0.3) is 22.3 Å². The second kappa shape index (κ2) is 16.1. The predicted octanol–water partition coefficient (Wildman–Crippen LogP) is 6.25. The van der Waals surface area contributed by atoms with E-state index in [1.54, 1.807) is 4.90 Å². The first-order chi connectivity index (χ1) is 26.5. The maximum absolute atomic E-state index is 12.1. The van der Waals surface area contributed by atoms with Gasteiger partial charge in [0, 0.05) is 55.3 Å². The number of nitrogen functional groups attached to an aromatic ring is 1. The van der Waals surface area contributed by atoms with Crippen molar-refractivity contribution in [3.8, 4) is 34.6 Å². The third kappa shape index (κ3) is 7.93. The lowest BCUT2D eigenvalue weighted by molar-refractivity contribution is -0.120. The number of nitrogens with two attached hydrogens (primary N) is 1. The van der Waals surface area contributed by atoms with E-state index in [4.69, 9.17) is 15.6 Å². The number of unbranched alkanes of at least 4 members (excludes halogenated alkanes) is 1. The van der Waals surface area contributed by atoms with Crippen LogP contribution in [0.4, 0.5) is 16.3 Å². The van der Waals surface area contributed by atoms with E-state index in [1.807, 2.05) is 78.9 Å². The maximum Gasteiger partial charge on any atom is 0.328 e. The van der Waals surface area contributed by atoms with Gasteiger partial charge in [0.15, 0.2) is 5.65 Å². The number of urea groups is 1. The van der Waals surface area contributed by atoms with Gasteiger partial charge in [0.25, 0.3) is 0 Å². The van der Waals surface area contributed by atoms with Crippen LogP contribution < -0.4 is 20.7 Å². The van der Waals surface area contributed by atoms with E-state index in [2.05, 4.69) is 41.6 Å². The smallest absolute Gasteiger partial charge is 0.328 e. The van der Waals surface area contributed by atoms with Gasteiger partial charge in [0.1, 0.15) is 29.3 Å². The van der Waals surface area contributed by atoms with Crippen molar-refractivity contribution < 1.29 is 14.3 Å². The zero-order chi connectivity index (χ0) is 36.9. The molecule has 0 unspecified atom stereocenters. The number of carbonyl (C=O) groups excluding carboxylic acids is 2. The van der Waals surface area contributed by atoms with Gasteiger partial charge in [0.2, 0.25) is 5.91 Å². The minimum Gasteiger partial charge on any atom is -0.457 e. The fourth-order valence-electron chi connectivity index (χ4n) is 7.85. The molecular weight excluding hydrogens is 679 g/mol. The van der Waals surface area contributed by atoms with E-state index in [1.165, 1.54) is 19.2 Å². The summed E-state index contributed by atoms with van der Waals surface area (Å²) >= 11 is 0. The second-order valence-electron chi connectivity index (χ2n) is 14.2. The molecule has 0 saturated carbocycles. The number of ether oxygens (including phenoxy) is 1. The number of para-hydroxylation sites is 1. The highest BCUT2D eigenvalue weighted by Gasteiger charge is 2.31. The van der Waals surface area contributed by atoms with Crippen molar-refractivity contribution in [3.63, 3.8) is 0 Å². The van der Waals surface area contributed by atoms with Gasteiger partial charge in [-0.05, 0) is 112 Å². The molecule has 0 aliphatic carbocycles. The Kier molecular flexibility index (Phi) is 10.5. The standard InChI is InChI=1S/C42H45N9O3/c43-40-38-39(31-12-16-36(17-13-31)54-35-8-4-1-5-9-35)47-51(41(38)45-29-44-40)34-20-26-49(27-21-34)32-18-24-48(25-19-32)23-6-2-3-7-30-10-14-33(15-11-30)50-28-22-37(52)46-42(50)53/h1,4-5,8-17,29,32,34H,2,6,18-28H2,(H2,43,44,45)(H,46,52,53). The van der Waals surface area contributed by atoms with Gasteiger partial charge in [-0.1, -0.05) is 30.0 Å². The number of rotatable bonds is 9. The van der Waals surface area contributed by atoms with Crippen molar-refractivity contribution in [1.29, 1.82) is 0 Å². The first kappa shape index (κ1) is 35.3. The van der Waals surface area contributed by atoms with E-state index in [0.29, 0.717) is 24.8 Å². The van der Waals surface area contributed by atoms with Crippen molar-refractivity contribution in [1.82, 2.24) is 34.9 Å². The third-order valence-electron chi connectivity index (χ3n) is 10.8. The van der Waals surface area contributed by atoms with E-state index in [-0.39, 0.29) is 18.0 Å². The molecule has 3 fully saturated rings. The molecule has 3 aliphatic rings. The molecule has 8 rings (SSSR count). The van der Waals surface area contributed by atoms with E-state index < -0.39 is 0 Å². The third-order valence-corrected chi connectivity index (χ3v) is 10.8. The highest BCUT2D eigenvalue weighted by atomic mass is 16.5. The molecule has 0 atom stereocenters. The highest BCUT2D eigenvalue weighted by Crippen LogP contribution is 2.36. The minimum atomic E-state index is -0.372. The number of hydrogen-bond acceptors (Lipinski definition) is 9. The molecule has 3 amide bonds. The molecule has 0 radical (unpaired) electrons. The molecule has 0 bridgehead atoms. The summed E-state index contributed by atoms with van der Waals surface area (Å²) in [6.07, 6.45) is 8.15. The monoisotopic (exact) mass is 723 g/mol. The van der Waals surface area contributed by atoms with Crippen LogP contribution >= 0.6 is 0 Å². The molecule has 3 aromatic carbocycles.